The summed E-state index contributed by atoms with van der Waals surface area (Å²) in [5.41, 5.74) is 0. The van der Waals surface area contributed by atoms with E-state index >= 15 is 0 Å². The lowest BCUT2D eigenvalue weighted by Crippen LogP contribution is -2.01. The van der Waals surface area contributed by atoms with E-state index in [2.05, 4.69) is 9.68 Å². The summed E-state index contributed by atoms with van der Waals surface area (Å²) in [4.78, 5) is 8.85. The fourth-order valence-electron chi connectivity index (χ4n) is 0.901. The van der Waals surface area contributed by atoms with E-state index in [4.69, 9.17) is 11.8 Å². The Balaban J connectivity index is 2.69. The summed E-state index contributed by atoms with van der Waals surface area (Å²) in [6, 6.07) is 0. The molecule has 0 atom stereocenters. The van der Waals surface area contributed by atoms with Crippen LogP contribution in [0.2, 0.25) is 0 Å². The molecule has 0 amide bonds. The summed E-state index contributed by atoms with van der Waals surface area (Å²) in [6.07, 6.45) is 5.62. The van der Waals surface area contributed by atoms with Gasteiger partial charge >= 0.3 is 0 Å². The van der Waals surface area contributed by atoms with Crippen LogP contribution in [-0.4, -0.2) is 13.2 Å². The largest absolute Gasteiger partial charge is 0.305 e. The van der Waals surface area contributed by atoms with Crippen LogP contribution in [0.4, 0.5) is 0 Å². The van der Waals surface area contributed by atoms with Gasteiger partial charge in [0.15, 0.2) is 0 Å². The Hall–Kier alpha value is -0.160. The first-order chi connectivity index (χ1) is 5.41. The quantitative estimate of drug-likeness (QED) is 0.407. The van der Waals surface area contributed by atoms with Gasteiger partial charge in [-0.3, -0.25) is 0 Å². The molecule has 0 aromatic carbocycles. The van der Waals surface area contributed by atoms with Crippen LogP contribution in [0.3, 0.4) is 0 Å². The molecule has 0 bridgehead atoms. The zero-order valence-electron chi connectivity index (χ0n) is 6.92. The Labute approximate surface area is 67.7 Å². The van der Waals surface area contributed by atoms with Crippen LogP contribution < -0.4 is 11.8 Å². The van der Waals surface area contributed by atoms with Crippen molar-refractivity contribution in [1.82, 2.24) is 0 Å². The number of hydrogen-bond acceptors (Lipinski definition) is 4. The molecule has 0 radical (unpaired) electrons. The summed E-state index contributed by atoms with van der Waals surface area (Å²) in [7, 11) is 0. The third-order valence-electron chi connectivity index (χ3n) is 1.52. The molecule has 0 saturated heterocycles. The van der Waals surface area contributed by atoms with Crippen molar-refractivity contribution >= 4 is 0 Å². The molecule has 0 aromatic rings. The number of hydrogen-bond donors (Lipinski definition) is 2. The topological polar surface area (TPSA) is 70.5 Å². The Morgan fingerprint density at radius 2 is 1.00 bits per heavy atom. The fraction of sp³-hybridized carbons (Fsp3) is 1.00. The van der Waals surface area contributed by atoms with Crippen LogP contribution in [0, 0.1) is 0 Å². The molecule has 4 heteroatoms. The highest BCUT2D eigenvalue weighted by Crippen LogP contribution is 2.02. The van der Waals surface area contributed by atoms with Crippen molar-refractivity contribution in [3.63, 3.8) is 0 Å². The van der Waals surface area contributed by atoms with Gasteiger partial charge in [0.05, 0.1) is 13.2 Å². The van der Waals surface area contributed by atoms with Crippen molar-refractivity contribution in [2.75, 3.05) is 13.2 Å². The third-order valence-corrected chi connectivity index (χ3v) is 1.52. The molecule has 11 heavy (non-hydrogen) atoms. The van der Waals surface area contributed by atoms with E-state index in [1.54, 1.807) is 0 Å². The predicted molar refractivity (Wildman–Crippen MR) is 43.4 cm³/mol. The molecule has 4 nitrogen and oxygen atoms in total. The summed E-state index contributed by atoms with van der Waals surface area (Å²) in [6.45, 7) is 1.32. The molecule has 68 valence electrons. The maximum Gasteiger partial charge on any atom is 0.0679 e. The van der Waals surface area contributed by atoms with E-state index in [1.807, 2.05) is 0 Å². The third kappa shape index (κ3) is 9.84. The Morgan fingerprint density at radius 3 is 1.36 bits per heavy atom. The Kier molecular flexibility index (Phi) is 9.70. The van der Waals surface area contributed by atoms with Gasteiger partial charge in [0.25, 0.3) is 0 Å². The van der Waals surface area contributed by atoms with Crippen molar-refractivity contribution < 1.29 is 9.68 Å². The first-order valence-electron chi connectivity index (χ1n) is 4.05. The minimum absolute atomic E-state index is 0.660. The van der Waals surface area contributed by atoms with Gasteiger partial charge in [-0.15, -0.1) is 0 Å². The van der Waals surface area contributed by atoms with Crippen LogP contribution in [-0.2, 0) is 9.68 Å². The highest BCUT2D eigenvalue weighted by Gasteiger charge is 1.89. The van der Waals surface area contributed by atoms with E-state index in [0.717, 1.165) is 12.8 Å². The minimum Gasteiger partial charge on any atom is -0.305 e. The molecule has 0 heterocycles. The molecule has 0 unspecified atom stereocenters. The van der Waals surface area contributed by atoms with Crippen LogP contribution in [0.5, 0.6) is 0 Å². The first kappa shape index (κ1) is 10.8. The summed E-state index contributed by atoms with van der Waals surface area (Å²) in [5, 5.41) is 0. The Morgan fingerprint density at radius 1 is 0.636 bits per heavy atom. The molecular weight excluding hydrogens is 144 g/mol. The summed E-state index contributed by atoms with van der Waals surface area (Å²) >= 11 is 0. The van der Waals surface area contributed by atoms with Gasteiger partial charge in [-0.25, -0.2) is 11.8 Å². The zero-order chi connectivity index (χ0) is 8.36. The molecule has 0 fully saturated rings. The second-order valence-electron chi connectivity index (χ2n) is 2.51. The maximum atomic E-state index is 4.85. The van der Waals surface area contributed by atoms with E-state index in [9.17, 15) is 0 Å². The fourth-order valence-corrected chi connectivity index (χ4v) is 0.901. The van der Waals surface area contributed by atoms with Crippen LogP contribution in [0.15, 0.2) is 0 Å². The first-order valence-corrected chi connectivity index (χ1v) is 4.05. The highest BCUT2D eigenvalue weighted by atomic mass is 16.6. The predicted octanol–water partition coefficient (Wildman–Crippen LogP) is 0.717. The molecule has 0 rings (SSSR count). The molecular formula is C7H18N2O2. The molecule has 0 aliphatic carbocycles. The van der Waals surface area contributed by atoms with E-state index in [1.165, 1.54) is 19.3 Å². The van der Waals surface area contributed by atoms with Gasteiger partial charge in [-0.2, -0.15) is 0 Å². The SMILES string of the molecule is NOCCCCCCCON. The maximum absolute atomic E-state index is 4.85. The van der Waals surface area contributed by atoms with Gasteiger partial charge in [-0.1, -0.05) is 19.3 Å². The van der Waals surface area contributed by atoms with E-state index in [0.29, 0.717) is 13.2 Å². The monoisotopic (exact) mass is 162 g/mol. The minimum atomic E-state index is 0.660. The Bertz CT molecular complexity index is 63.5. The molecule has 0 spiro atoms. The number of nitrogens with two attached hydrogens (primary N) is 2. The molecule has 0 aliphatic heterocycles. The van der Waals surface area contributed by atoms with Crippen molar-refractivity contribution in [1.29, 1.82) is 0 Å². The second kappa shape index (κ2) is 9.84. The lowest BCUT2D eigenvalue weighted by molar-refractivity contribution is 0.128. The van der Waals surface area contributed by atoms with Crippen molar-refractivity contribution in [2.45, 2.75) is 32.1 Å². The number of unbranched alkanes of at least 4 members (excludes halogenated alkanes) is 4. The van der Waals surface area contributed by atoms with Gasteiger partial charge in [-0.05, 0) is 12.8 Å². The van der Waals surface area contributed by atoms with Crippen molar-refractivity contribution in [3.8, 4) is 0 Å². The normalized spacial score (nSPS) is 10.4. The van der Waals surface area contributed by atoms with Crippen molar-refractivity contribution in [3.05, 3.63) is 0 Å². The molecule has 4 N–H and O–H groups in total. The van der Waals surface area contributed by atoms with Gasteiger partial charge in [0.1, 0.15) is 0 Å². The smallest absolute Gasteiger partial charge is 0.0679 e. The summed E-state index contributed by atoms with van der Waals surface area (Å²) in [5.74, 6) is 9.71. The second-order valence-corrected chi connectivity index (χ2v) is 2.51. The van der Waals surface area contributed by atoms with E-state index < -0.39 is 0 Å². The lowest BCUT2D eigenvalue weighted by Gasteiger charge is -1.99. The average Bonchev–Trinajstić information content (AvgIpc) is 2.03. The lowest BCUT2D eigenvalue weighted by atomic mass is 10.1. The number of rotatable bonds is 8. The summed E-state index contributed by atoms with van der Waals surface area (Å²) < 4.78 is 0. The molecule has 0 saturated carbocycles. The molecule has 0 aromatic heterocycles. The van der Waals surface area contributed by atoms with Gasteiger partial charge in [0.2, 0.25) is 0 Å². The van der Waals surface area contributed by atoms with Crippen molar-refractivity contribution in [2.24, 2.45) is 11.8 Å². The zero-order valence-corrected chi connectivity index (χ0v) is 6.92. The van der Waals surface area contributed by atoms with Crippen LogP contribution >= 0.6 is 0 Å². The van der Waals surface area contributed by atoms with Crippen LogP contribution in [0.1, 0.15) is 32.1 Å². The van der Waals surface area contributed by atoms with Gasteiger partial charge in [0, 0.05) is 0 Å². The van der Waals surface area contributed by atoms with Crippen LogP contribution in [0.25, 0.3) is 0 Å². The van der Waals surface area contributed by atoms with Gasteiger partial charge < -0.3 is 9.68 Å². The standard InChI is InChI=1S/C7H18N2O2/c8-10-6-4-2-1-3-5-7-11-9/h1-9H2. The average molecular weight is 162 g/mol. The van der Waals surface area contributed by atoms with E-state index in [-0.39, 0.29) is 0 Å². The highest BCUT2D eigenvalue weighted by molar-refractivity contribution is 4.42. The molecule has 0 aliphatic rings.